The minimum absolute atomic E-state index is 0.0344. The topological polar surface area (TPSA) is 58.4 Å². The summed E-state index contributed by atoms with van der Waals surface area (Å²) in [5.74, 6) is -0.0344. The monoisotopic (exact) mass is 281 g/mol. The molecule has 1 amide bonds. The number of hydrogen-bond acceptors (Lipinski definition) is 3. The van der Waals surface area contributed by atoms with Crippen LogP contribution in [0.25, 0.3) is 0 Å². The predicted molar refractivity (Wildman–Crippen MR) is 79.4 cm³/mol. The van der Waals surface area contributed by atoms with Crippen molar-refractivity contribution in [2.75, 3.05) is 24.1 Å². The zero-order valence-corrected chi connectivity index (χ0v) is 11.9. The fourth-order valence-electron chi connectivity index (χ4n) is 2.58. The first kappa shape index (κ1) is 14.2. The molecule has 0 bridgehead atoms. The highest BCUT2D eigenvalue weighted by molar-refractivity contribution is 6.33. The number of nitrogen functional groups attached to an aromatic ring is 1. The molecular weight excluding hydrogens is 262 g/mol. The molecule has 4 nitrogen and oxygen atoms in total. The summed E-state index contributed by atoms with van der Waals surface area (Å²) in [6, 6.07) is 5.62. The zero-order valence-electron chi connectivity index (χ0n) is 11.2. The SMILES string of the molecule is CCC1CCCN1CC(=O)Nc1cc(N)ccc1Cl. The Balaban J connectivity index is 1.95. The van der Waals surface area contributed by atoms with Gasteiger partial charge in [-0.2, -0.15) is 0 Å². The Labute approximate surface area is 118 Å². The van der Waals surface area contributed by atoms with Gasteiger partial charge in [0, 0.05) is 11.7 Å². The van der Waals surface area contributed by atoms with E-state index in [9.17, 15) is 4.79 Å². The van der Waals surface area contributed by atoms with E-state index in [1.54, 1.807) is 18.2 Å². The number of anilines is 2. The van der Waals surface area contributed by atoms with Crippen molar-refractivity contribution in [2.45, 2.75) is 32.2 Å². The van der Waals surface area contributed by atoms with E-state index in [-0.39, 0.29) is 5.91 Å². The summed E-state index contributed by atoms with van der Waals surface area (Å²) in [4.78, 5) is 14.3. The fraction of sp³-hybridized carbons (Fsp3) is 0.500. The molecule has 0 aromatic heterocycles. The van der Waals surface area contributed by atoms with Gasteiger partial charge in [0.25, 0.3) is 0 Å². The number of carbonyl (C=O) groups excluding carboxylic acids is 1. The van der Waals surface area contributed by atoms with Gasteiger partial charge in [-0.3, -0.25) is 9.69 Å². The first-order chi connectivity index (χ1) is 9.10. The van der Waals surface area contributed by atoms with Crippen molar-refractivity contribution in [1.82, 2.24) is 4.90 Å². The van der Waals surface area contributed by atoms with E-state index in [1.807, 2.05) is 0 Å². The number of nitrogens with two attached hydrogens (primary N) is 1. The average molecular weight is 282 g/mol. The third kappa shape index (κ3) is 3.61. The lowest BCUT2D eigenvalue weighted by atomic mass is 10.2. The molecule has 1 aliphatic heterocycles. The van der Waals surface area contributed by atoms with Crippen LogP contribution in [0.15, 0.2) is 18.2 Å². The van der Waals surface area contributed by atoms with Crippen molar-refractivity contribution < 1.29 is 4.79 Å². The van der Waals surface area contributed by atoms with Gasteiger partial charge in [0.2, 0.25) is 5.91 Å². The molecule has 5 heteroatoms. The standard InChI is InChI=1S/C14H20ClN3O/c1-2-11-4-3-7-18(11)9-14(19)17-13-8-10(16)5-6-12(13)15/h5-6,8,11H,2-4,7,9,16H2,1H3,(H,17,19). The zero-order chi connectivity index (χ0) is 13.8. The van der Waals surface area contributed by atoms with E-state index < -0.39 is 0 Å². The van der Waals surface area contributed by atoms with Crippen LogP contribution in [0.1, 0.15) is 26.2 Å². The molecule has 1 atom stereocenters. The Morgan fingerprint density at radius 1 is 1.58 bits per heavy atom. The maximum Gasteiger partial charge on any atom is 0.238 e. The van der Waals surface area contributed by atoms with Crippen LogP contribution in [0.3, 0.4) is 0 Å². The van der Waals surface area contributed by atoms with E-state index in [2.05, 4.69) is 17.1 Å². The van der Waals surface area contributed by atoms with E-state index in [4.69, 9.17) is 17.3 Å². The van der Waals surface area contributed by atoms with Gasteiger partial charge in [0.05, 0.1) is 17.3 Å². The van der Waals surface area contributed by atoms with Gasteiger partial charge in [-0.15, -0.1) is 0 Å². The molecule has 1 heterocycles. The van der Waals surface area contributed by atoms with Gasteiger partial charge in [-0.1, -0.05) is 18.5 Å². The minimum atomic E-state index is -0.0344. The lowest BCUT2D eigenvalue weighted by Crippen LogP contribution is -2.36. The van der Waals surface area contributed by atoms with Crippen molar-refractivity contribution in [3.8, 4) is 0 Å². The predicted octanol–water partition coefficient (Wildman–Crippen LogP) is 2.74. The summed E-state index contributed by atoms with van der Waals surface area (Å²) in [6.07, 6.45) is 3.44. The normalized spacial score (nSPS) is 19.6. The van der Waals surface area contributed by atoms with Crippen molar-refractivity contribution in [2.24, 2.45) is 0 Å². The molecule has 1 aromatic carbocycles. The number of benzene rings is 1. The first-order valence-electron chi connectivity index (χ1n) is 6.69. The summed E-state index contributed by atoms with van der Waals surface area (Å²) in [5.41, 5.74) is 6.86. The number of likely N-dealkylation sites (tertiary alicyclic amines) is 1. The molecule has 1 unspecified atom stereocenters. The van der Waals surface area contributed by atoms with Gasteiger partial charge >= 0.3 is 0 Å². The Kier molecular flexibility index (Phi) is 4.66. The minimum Gasteiger partial charge on any atom is -0.399 e. The number of amides is 1. The van der Waals surface area contributed by atoms with Crippen LogP contribution in [-0.4, -0.2) is 29.9 Å². The third-order valence-corrected chi connectivity index (χ3v) is 3.91. The van der Waals surface area contributed by atoms with Crippen molar-refractivity contribution in [3.63, 3.8) is 0 Å². The smallest absolute Gasteiger partial charge is 0.238 e. The summed E-state index contributed by atoms with van der Waals surface area (Å²) in [7, 11) is 0. The van der Waals surface area contributed by atoms with Crippen molar-refractivity contribution in [3.05, 3.63) is 23.2 Å². The second-order valence-corrected chi connectivity index (χ2v) is 5.37. The van der Waals surface area contributed by atoms with Crippen LogP contribution < -0.4 is 11.1 Å². The molecule has 1 aromatic rings. The molecular formula is C14H20ClN3O. The van der Waals surface area contributed by atoms with Gasteiger partial charge in [0.1, 0.15) is 0 Å². The highest BCUT2D eigenvalue weighted by Gasteiger charge is 2.24. The average Bonchev–Trinajstić information content (AvgIpc) is 2.81. The largest absolute Gasteiger partial charge is 0.399 e. The molecule has 104 valence electrons. The lowest BCUT2D eigenvalue weighted by Gasteiger charge is -2.22. The number of rotatable bonds is 4. The summed E-state index contributed by atoms with van der Waals surface area (Å²) < 4.78 is 0. The highest BCUT2D eigenvalue weighted by atomic mass is 35.5. The summed E-state index contributed by atoms with van der Waals surface area (Å²) >= 11 is 6.03. The number of hydrogen-bond donors (Lipinski definition) is 2. The number of halogens is 1. The summed E-state index contributed by atoms with van der Waals surface area (Å²) in [6.45, 7) is 3.58. The number of nitrogens with zero attached hydrogens (tertiary/aromatic N) is 1. The van der Waals surface area contributed by atoms with Crippen LogP contribution in [0.2, 0.25) is 5.02 Å². The number of carbonyl (C=O) groups is 1. The maximum absolute atomic E-state index is 12.0. The third-order valence-electron chi connectivity index (χ3n) is 3.58. The second-order valence-electron chi connectivity index (χ2n) is 4.96. The quantitative estimate of drug-likeness (QED) is 0.835. The van der Waals surface area contributed by atoms with Crippen LogP contribution in [0.5, 0.6) is 0 Å². The molecule has 0 radical (unpaired) electrons. The number of nitrogens with one attached hydrogen (secondary N) is 1. The van der Waals surface area contributed by atoms with Gasteiger partial charge < -0.3 is 11.1 Å². The Morgan fingerprint density at radius 2 is 2.37 bits per heavy atom. The molecule has 0 saturated carbocycles. The molecule has 2 rings (SSSR count). The Hall–Kier alpha value is -1.26. The summed E-state index contributed by atoms with van der Waals surface area (Å²) in [5, 5.41) is 3.34. The first-order valence-corrected chi connectivity index (χ1v) is 7.07. The molecule has 3 N–H and O–H groups in total. The Bertz CT molecular complexity index is 464. The highest BCUT2D eigenvalue weighted by Crippen LogP contribution is 2.24. The maximum atomic E-state index is 12.0. The molecule has 1 aliphatic rings. The fourth-order valence-corrected chi connectivity index (χ4v) is 2.74. The second kappa shape index (κ2) is 6.26. The van der Waals surface area contributed by atoms with Crippen molar-refractivity contribution in [1.29, 1.82) is 0 Å². The molecule has 1 fully saturated rings. The van der Waals surface area contributed by atoms with E-state index in [0.29, 0.717) is 29.0 Å². The van der Waals surface area contributed by atoms with Crippen LogP contribution in [-0.2, 0) is 4.79 Å². The van der Waals surface area contributed by atoms with Gasteiger partial charge in [-0.05, 0) is 44.0 Å². The molecule has 1 saturated heterocycles. The Morgan fingerprint density at radius 3 is 3.11 bits per heavy atom. The molecule has 0 spiro atoms. The van der Waals surface area contributed by atoms with E-state index >= 15 is 0 Å². The molecule has 19 heavy (non-hydrogen) atoms. The van der Waals surface area contributed by atoms with Gasteiger partial charge in [0.15, 0.2) is 0 Å². The van der Waals surface area contributed by atoms with Gasteiger partial charge in [-0.25, -0.2) is 0 Å². The lowest BCUT2D eigenvalue weighted by molar-refractivity contribution is -0.117. The van der Waals surface area contributed by atoms with Crippen LogP contribution in [0, 0.1) is 0 Å². The molecule has 0 aliphatic carbocycles. The van der Waals surface area contributed by atoms with E-state index in [1.165, 1.54) is 12.8 Å². The van der Waals surface area contributed by atoms with Crippen LogP contribution in [0.4, 0.5) is 11.4 Å². The van der Waals surface area contributed by atoms with Crippen molar-refractivity contribution >= 4 is 28.9 Å². The van der Waals surface area contributed by atoms with E-state index in [0.717, 1.165) is 13.0 Å². The van der Waals surface area contributed by atoms with Crippen LogP contribution >= 0.6 is 11.6 Å².